The van der Waals surface area contributed by atoms with Crippen molar-refractivity contribution >= 4 is 51.6 Å². The van der Waals surface area contributed by atoms with Gasteiger partial charge in [0, 0.05) is 17.7 Å². The Hall–Kier alpha value is -2.91. The molecule has 1 aromatic heterocycles. The molecule has 55 heavy (non-hydrogen) atoms. The number of unbranched alkanes of at least 4 members (excludes halogenated alkanes) is 12. The molecule has 1 N–H and O–H groups in total. The first kappa shape index (κ1) is 46.5. The summed E-state index contributed by atoms with van der Waals surface area (Å²) in [6.45, 7) is 9.16. The number of likely N-dealkylation sites (N-methyl/N-ethyl adjacent to an activating group) is 1. The number of hydrogen-bond acceptors (Lipinski definition) is 11. The number of aliphatic imine (C=N–C) groups is 1. The molecule has 0 unspecified atom stereocenters. The minimum Gasteiger partial charge on any atom is -1.00 e. The van der Waals surface area contributed by atoms with Crippen LogP contribution in [-0.2, 0) is 28.5 Å². The van der Waals surface area contributed by atoms with Gasteiger partial charge in [0.05, 0.1) is 50.2 Å². The van der Waals surface area contributed by atoms with Crippen LogP contribution in [0.25, 0.3) is 0 Å². The quantitative estimate of drug-likeness (QED) is 0.0423. The molecule has 13 heteroatoms. The van der Waals surface area contributed by atoms with E-state index in [-0.39, 0.29) is 55.9 Å². The number of nitrogens with one attached hydrogen (secondary N) is 1. The summed E-state index contributed by atoms with van der Waals surface area (Å²) in [5.41, 5.74) is 3.00. The Morgan fingerprint density at radius 1 is 0.818 bits per heavy atom. The van der Waals surface area contributed by atoms with Crippen LogP contribution in [0.2, 0.25) is 0 Å². The molecular formula is C42H65IN4O7S. The summed E-state index contributed by atoms with van der Waals surface area (Å²) in [4.78, 5) is 46.7. The largest absolute Gasteiger partial charge is 1.00 e. The van der Waals surface area contributed by atoms with Gasteiger partial charge in [0.25, 0.3) is 0 Å². The Balaban J connectivity index is 0.00000812. The zero-order valence-corrected chi connectivity index (χ0v) is 36.7. The van der Waals surface area contributed by atoms with E-state index in [0.29, 0.717) is 17.3 Å². The van der Waals surface area contributed by atoms with Gasteiger partial charge in [0.15, 0.2) is 6.10 Å². The van der Waals surface area contributed by atoms with Gasteiger partial charge >= 0.3 is 18.1 Å². The number of carbonyl (C=O) groups is 3. The number of hydrogen-bond donors (Lipinski definition) is 1. The molecule has 308 valence electrons. The van der Waals surface area contributed by atoms with Gasteiger partial charge in [-0.1, -0.05) is 103 Å². The summed E-state index contributed by atoms with van der Waals surface area (Å²) in [5.74, 6) is 0.250. The van der Waals surface area contributed by atoms with Gasteiger partial charge in [-0.25, -0.2) is 9.79 Å². The summed E-state index contributed by atoms with van der Waals surface area (Å²) in [7, 11) is 2.06. The molecule has 0 aliphatic carbocycles. The molecule has 4 rings (SSSR count). The second-order valence-electron chi connectivity index (χ2n) is 15.1. The van der Waals surface area contributed by atoms with Gasteiger partial charge in [-0.15, -0.1) is 11.3 Å². The molecule has 2 aliphatic heterocycles. The number of thiophene rings is 1. The third-order valence-corrected chi connectivity index (χ3v) is 11.1. The summed E-state index contributed by atoms with van der Waals surface area (Å²) in [5, 5.41) is 4.66. The lowest BCUT2D eigenvalue weighted by molar-refractivity contribution is -0.929. The van der Waals surface area contributed by atoms with Crippen LogP contribution in [0, 0.1) is 6.92 Å². The number of amidine groups is 1. The number of esters is 2. The lowest BCUT2D eigenvalue weighted by Gasteiger charge is -2.41. The summed E-state index contributed by atoms with van der Waals surface area (Å²) in [6.07, 6.45) is 14.2. The molecule has 0 radical (unpaired) electrons. The van der Waals surface area contributed by atoms with Crippen molar-refractivity contribution in [3.8, 4) is 0 Å². The van der Waals surface area contributed by atoms with Gasteiger partial charge in [-0.3, -0.25) is 14.1 Å². The Bertz CT molecular complexity index is 1460. The molecule has 0 amide bonds. The first-order chi connectivity index (χ1) is 26.2. The average molecular weight is 897 g/mol. The second kappa shape index (κ2) is 25.4. The number of halogens is 1. The van der Waals surface area contributed by atoms with E-state index in [4.69, 9.17) is 23.9 Å². The predicted molar refractivity (Wildman–Crippen MR) is 216 cm³/mol. The lowest BCUT2D eigenvalue weighted by Crippen LogP contribution is -3.00. The third-order valence-electron chi connectivity index (χ3n) is 10.2. The number of para-hydroxylation sites is 2. The van der Waals surface area contributed by atoms with Gasteiger partial charge in [0.1, 0.15) is 24.1 Å². The predicted octanol–water partition coefficient (Wildman–Crippen LogP) is 6.81. The van der Waals surface area contributed by atoms with E-state index in [0.717, 1.165) is 92.5 Å². The molecule has 1 fully saturated rings. The monoisotopic (exact) mass is 896 g/mol. The SMILES string of the molecule is CCCCCCCCCC(=O)OCC(COC(=O)CCCCCCCCC)OC(=O)OC[N+]1(C)CCN(C2=Nc3ccccc3Nc3sc(C)cc32)CC1.[I-]. The number of piperazine rings is 1. The van der Waals surface area contributed by atoms with Gasteiger partial charge in [-0.05, 0) is 38.0 Å². The Morgan fingerprint density at radius 3 is 1.95 bits per heavy atom. The first-order valence-corrected chi connectivity index (χ1v) is 21.3. The van der Waals surface area contributed by atoms with Crippen LogP contribution in [0.1, 0.15) is 127 Å². The minimum absolute atomic E-state index is 0. The number of ether oxygens (including phenoxy) is 4. The number of nitrogens with zero attached hydrogens (tertiary/aromatic N) is 3. The van der Waals surface area contributed by atoms with Crippen molar-refractivity contribution in [2.75, 3.05) is 58.5 Å². The first-order valence-electron chi connectivity index (χ1n) is 20.5. The van der Waals surface area contributed by atoms with Crippen molar-refractivity contribution in [3.05, 3.63) is 40.8 Å². The molecule has 1 aromatic carbocycles. The fourth-order valence-electron chi connectivity index (χ4n) is 6.74. The average Bonchev–Trinajstić information content (AvgIpc) is 3.45. The van der Waals surface area contributed by atoms with Crippen molar-refractivity contribution in [1.29, 1.82) is 0 Å². The smallest absolute Gasteiger partial charge is 0.513 e. The zero-order chi connectivity index (χ0) is 38.6. The van der Waals surface area contributed by atoms with E-state index in [1.54, 1.807) is 11.3 Å². The number of benzene rings is 1. The van der Waals surface area contributed by atoms with Crippen molar-refractivity contribution < 1.29 is 61.8 Å². The molecule has 3 heterocycles. The Labute approximate surface area is 350 Å². The van der Waals surface area contributed by atoms with Crippen LogP contribution < -0.4 is 29.3 Å². The molecular weight excluding hydrogens is 831 g/mol. The molecule has 11 nitrogen and oxygen atoms in total. The van der Waals surface area contributed by atoms with Crippen molar-refractivity contribution in [3.63, 3.8) is 0 Å². The summed E-state index contributed by atoms with van der Waals surface area (Å²) >= 11 is 1.73. The molecule has 0 bridgehead atoms. The van der Waals surface area contributed by atoms with E-state index in [1.165, 1.54) is 56.2 Å². The summed E-state index contributed by atoms with van der Waals surface area (Å²) in [6, 6.07) is 10.3. The van der Waals surface area contributed by atoms with E-state index >= 15 is 0 Å². The fourth-order valence-corrected chi connectivity index (χ4v) is 7.66. The highest BCUT2D eigenvalue weighted by atomic mass is 127. The molecule has 1 saturated heterocycles. The highest BCUT2D eigenvalue weighted by molar-refractivity contribution is 7.16. The standard InChI is InChI=1S/C42H65N4O7S.HI/c1-5-7-9-11-13-15-17-23-38(47)50-30-34(31-51-39(48)24-18-16-14-12-10-8-6-2)53-42(49)52-32-46(4)27-25-45(26-28-46)40-35-29-33(3)54-41(35)44-37-22-20-19-21-36(37)43-40;/h19-22,29,34,44H,5-18,23-28,30-32H2,1-4H3;1H/q+1;/p-1. The number of rotatable bonds is 23. The maximum absolute atomic E-state index is 13.0. The van der Waals surface area contributed by atoms with E-state index in [9.17, 15) is 14.4 Å². The van der Waals surface area contributed by atoms with Crippen molar-refractivity contribution in [2.24, 2.45) is 4.99 Å². The van der Waals surface area contributed by atoms with Gasteiger partial charge in [-0.2, -0.15) is 0 Å². The van der Waals surface area contributed by atoms with Gasteiger partial charge < -0.3 is 53.1 Å². The zero-order valence-electron chi connectivity index (χ0n) is 33.7. The molecule has 0 spiro atoms. The minimum atomic E-state index is -0.955. The normalized spacial score (nSPS) is 14.4. The maximum Gasteiger partial charge on any atom is 0.513 e. The number of anilines is 2. The number of fused-ring (bicyclic) bond motifs is 2. The maximum atomic E-state index is 13.0. The van der Waals surface area contributed by atoms with Crippen LogP contribution in [-0.4, -0.2) is 92.6 Å². The van der Waals surface area contributed by atoms with Crippen LogP contribution in [0.4, 0.5) is 21.2 Å². The highest BCUT2D eigenvalue weighted by Gasteiger charge is 2.34. The van der Waals surface area contributed by atoms with Crippen molar-refractivity contribution in [2.45, 2.75) is 130 Å². The van der Waals surface area contributed by atoms with E-state index in [1.807, 2.05) is 24.3 Å². The Morgan fingerprint density at radius 2 is 1.36 bits per heavy atom. The summed E-state index contributed by atoms with van der Waals surface area (Å²) < 4.78 is 22.7. The molecule has 0 atom stereocenters. The molecule has 2 aliphatic rings. The van der Waals surface area contributed by atoms with Crippen molar-refractivity contribution in [1.82, 2.24) is 4.90 Å². The van der Waals surface area contributed by atoms with Crippen LogP contribution in [0.5, 0.6) is 0 Å². The van der Waals surface area contributed by atoms with Crippen LogP contribution in [0.3, 0.4) is 0 Å². The third kappa shape index (κ3) is 16.6. The number of quaternary nitrogens is 1. The number of aryl methyl sites for hydroxylation is 1. The van der Waals surface area contributed by atoms with Crippen LogP contribution >= 0.6 is 11.3 Å². The fraction of sp³-hybridized carbons (Fsp3) is 0.667. The number of carbonyl (C=O) groups excluding carboxylic acids is 3. The molecule has 0 saturated carbocycles. The lowest BCUT2D eigenvalue weighted by atomic mass is 10.1. The van der Waals surface area contributed by atoms with E-state index < -0.39 is 12.3 Å². The topological polar surface area (TPSA) is 116 Å². The van der Waals surface area contributed by atoms with Crippen LogP contribution in [0.15, 0.2) is 35.3 Å². The Kier molecular flexibility index (Phi) is 21.4. The van der Waals surface area contributed by atoms with E-state index in [2.05, 4.69) is 44.1 Å². The second-order valence-corrected chi connectivity index (χ2v) is 16.4. The molecule has 2 aromatic rings. The van der Waals surface area contributed by atoms with Gasteiger partial charge in [0.2, 0.25) is 6.73 Å². The highest BCUT2D eigenvalue weighted by Crippen LogP contribution is 2.39.